The van der Waals surface area contributed by atoms with Gasteiger partial charge in [-0.25, -0.2) is 0 Å². The molecule has 0 aromatic rings. The van der Waals surface area contributed by atoms with E-state index in [0.29, 0.717) is 31.6 Å². The maximum absolute atomic E-state index is 13.2. The number of rotatable bonds is 3. The molecule has 4 rings (SSSR count). The van der Waals surface area contributed by atoms with Crippen molar-refractivity contribution in [1.29, 1.82) is 0 Å². The second kappa shape index (κ2) is 7.85. The number of allylic oxidation sites excluding steroid dienone is 1. The molecular formula is C24H34F6O3. The van der Waals surface area contributed by atoms with Gasteiger partial charge in [-0.05, 0) is 85.9 Å². The monoisotopic (exact) mass is 484 g/mol. The van der Waals surface area contributed by atoms with Crippen LogP contribution in [0.3, 0.4) is 0 Å². The first-order valence-corrected chi connectivity index (χ1v) is 12.0. The number of hydrogen-bond acceptors (Lipinski definition) is 3. The molecule has 0 radical (unpaired) electrons. The minimum Gasteiger partial charge on any atom is -0.393 e. The summed E-state index contributed by atoms with van der Waals surface area (Å²) in [6.45, 7) is 4.14. The van der Waals surface area contributed by atoms with Gasteiger partial charge in [0.15, 0.2) is 0 Å². The third-order valence-electron chi connectivity index (χ3n) is 10.1. The lowest BCUT2D eigenvalue weighted by atomic mass is 9.47. The second-order valence-electron chi connectivity index (χ2n) is 11.5. The summed E-state index contributed by atoms with van der Waals surface area (Å²) in [7, 11) is 0. The van der Waals surface area contributed by atoms with Gasteiger partial charge in [0, 0.05) is 6.42 Å². The lowest BCUT2D eigenvalue weighted by Gasteiger charge is -2.58. The molecule has 9 heteroatoms. The minimum atomic E-state index is -5.92. The van der Waals surface area contributed by atoms with Crippen LogP contribution in [0, 0.1) is 34.5 Å². The van der Waals surface area contributed by atoms with Crippen LogP contribution < -0.4 is 0 Å². The van der Waals surface area contributed by atoms with Gasteiger partial charge in [-0.1, -0.05) is 25.5 Å². The van der Waals surface area contributed by atoms with Gasteiger partial charge in [0.2, 0.25) is 0 Å². The summed E-state index contributed by atoms with van der Waals surface area (Å²) in [6, 6.07) is 0. The van der Waals surface area contributed by atoms with Crippen molar-refractivity contribution in [2.45, 2.75) is 102 Å². The van der Waals surface area contributed by atoms with Crippen LogP contribution in [0.1, 0.15) is 71.6 Å². The van der Waals surface area contributed by atoms with Crippen molar-refractivity contribution in [3.8, 4) is 0 Å². The summed E-state index contributed by atoms with van der Waals surface area (Å²) in [6.07, 6.45) is -8.18. The Hall–Kier alpha value is -0.800. The maximum atomic E-state index is 13.2. The Morgan fingerprint density at radius 3 is 2.21 bits per heavy atom. The normalized spacial score (nSPS) is 42.8. The number of alkyl halides is 6. The highest BCUT2D eigenvalue weighted by Crippen LogP contribution is 2.67. The Morgan fingerprint density at radius 1 is 0.970 bits per heavy atom. The molecule has 4 aliphatic carbocycles. The Morgan fingerprint density at radius 2 is 1.61 bits per heavy atom. The standard InChI is InChI=1S/C24H34F6O3/c1-20-9-7-14(31)11-13(20)3-4-15-16-5-6-18(21(16,2)10-8-17(15)20)19(32)12-22(33,23(25,26)27)24(28,29)30/h3,14-19,31-33H,4-12H2,1-2H3/t14-,15+,16+,17+,18-,19+,20+,21+/m1/s1. The fourth-order valence-electron chi connectivity index (χ4n) is 8.15. The van der Waals surface area contributed by atoms with Crippen molar-refractivity contribution in [3.05, 3.63) is 11.6 Å². The zero-order valence-electron chi connectivity index (χ0n) is 19.0. The van der Waals surface area contributed by atoms with Crippen molar-refractivity contribution in [2.24, 2.45) is 34.5 Å². The number of fused-ring (bicyclic) bond motifs is 5. The van der Waals surface area contributed by atoms with E-state index in [0.717, 1.165) is 25.7 Å². The number of hydrogen-bond donors (Lipinski definition) is 3. The van der Waals surface area contributed by atoms with Crippen LogP contribution >= 0.6 is 0 Å². The number of halogens is 6. The highest BCUT2D eigenvalue weighted by atomic mass is 19.4. The quantitative estimate of drug-likeness (QED) is 0.365. The molecule has 8 atom stereocenters. The molecule has 0 aromatic carbocycles. The second-order valence-corrected chi connectivity index (χ2v) is 11.5. The van der Waals surface area contributed by atoms with Crippen LogP contribution in [0.15, 0.2) is 11.6 Å². The zero-order valence-corrected chi connectivity index (χ0v) is 19.0. The smallest absolute Gasteiger partial charge is 0.393 e. The van der Waals surface area contributed by atoms with Gasteiger partial charge in [-0.15, -0.1) is 0 Å². The van der Waals surface area contributed by atoms with Crippen molar-refractivity contribution in [2.75, 3.05) is 0 Å². The average molecular weight is 485 g/mol. The summed E-state index contributed by atoms with van der Waals surface area (Å²) in [5.74, 6) is -0.0106. The van der Waals surface area contributed by atoms with Crippen LogP contribution in [0.5, 0.6) is 0 Å². The topological polar surface area (TPSA) is 60.7 Å². The van der Waals surface area contributed by atoms with Crippen molar-refractivity contribution in [3.63, 3.8) is 0 Å². The predicted octanol–water partition coefficient (Wildman–Crippen LogP) is 5.53. The molecule has 3 saturated carbocycles. The molecule has 0 spiro atoms. The van der Waals surface area contributed by atoms with E-state index in [-0.39, 0.29) is 23.4 Å². The fourth-order valence-corrected chi connectivity index (χ4v) is 8.15. The Kier molecular flexibility index (Phi) is 6.02. The van der Waals surface area contributed by atoms with E-state index in [1.807, 2.05) is 6.92 Å². The predicted molar refractivity (Wildman–Crippen MR) is 109 cm³/mol. The molecule has 0 saturated heterocycles. The molecular weight excluding hydrogens is 450 g/mol. The molecule has 0 unspecified atom stereocenters. The Balaban J connectivity index is 1.57. The van der Waals surface area contributed by atoms with E-state index in [1.165, 1.54) is 5.57 Å². The van der Waals surface area contributed by atoms with Crippen LogP contribution in [0.2, 0.25) is 0 Å². The first-order valence-electron chi connectivity index (χ1n) is 12.0. The first kappa shape index (κ1) is 25.3. The van der Waals surface area contributed by atoms with Crippen molar-refractivity contribution < 1.29 is 41.7 Å². The SMILES string of the molecule is C[C@]12CC[C@H]3[C@@H](CC=C4C[C@H](O)CC[C@@]43C)[C@@H]1CC[C@@H]2[C@@H](O)CC(O)(C(F)(F)F)C(F)(F)F. The molecule has 0 amide bonds. The largest absolute Gasteiger partial charge is 0.426 e. The lowest BCUT2D eigenvalue weighted by molar-refractivity contribution is -0.375. The van der Waals surface area contributed by atoms with Gasteiger partial charge < -0.3 is 15.3 Å². The fraction of sp³-hybridized carbons (Fsp3) is 0.917. The molecule has 0 aliphatic heterocycles. The molecule has 190 valence electrons. The van der Waals surface area contributed by atoms with Gasteiger partial charge >= 0.3 is 12.4 Å². The molecule has 3 nitrogen and oxygen atoms in total. The van der Waals surface area contributed by atoms with Crippen molar-refractivity contribution >= 4 is 0 Å². The molecule has 3 fully saturated rings. The van der Waals surface area contributed by atoms with Gasteiger partial charge in [-0.2, -0.15) is 26.3 Å². The molecule has 4 aliphatic rings. The van der Waals surface area contributed by atoms with E-state index in [4.69, 9.17) is 0 Å². The summed E-state index contributed by atoms with van der Waals surface area (Å²) < 4.78 is 79.3. The van der Waals surface area contributed by atoms with Gasteiger partial charge in [0.1, 0.15) is 0 Å². The summed E-state index contributed by atoms with van der Waals surface area (Å²) >= 11 is 0. The number of aliphatic hydroxyl groups is 3. The maximum Gasteiger partial charge on any atom is 0.426 e. The molecule has 0 bridgehead atoms. The number of aliphatic hydroxyl groups excluding tert-OH is 2. The van der Waals surface area contributed by atoms with E-state index < -0.39 is 41.8 Å². The first-order chi connectivity index (χ1) is 15.0. The molecule has 0 heterocycles. The average Bonchev–Trinajstić information content (AvgIpc) is 3.04. The van der Waals surface area contributed by atoms with E-state index in [1.54, 1.807) is 0 Å². The summed E-state index contributed by atoms with van der Waals surface area (Å²) in [4.78, 5) is 0. The third kappa shape index (κ3) is 3.75. The summed E-state index contributed by atoms with van der Waals surface area (Å²) in [5.41, 5.74) is -4.26. The van der Waals surface area contributed by atoms with Gasteiger partial charge in [-0.3, -0.25) is 0 Å². The third-order valence-corrected chi connectivity index (χ3v) is 10.1. The van der Waals surface area contributed by atoms with E-state index >= 15 is 0 Å². The van der Waals surface area contributed by atoms with Crippen LogP contribution in [0.4, 0.5) is 26.3 Å². The molecule has 0 aromatic heterocycles. The van der Waals surface area contributed by atoms with Gasteiger partial charge in [0.25, 0.3) is 5.60 Å². The molecule has 3 N–H and O–H groups in total. The van der Waals surface area contributed by atoms with Gasteiger partial charge in [0.05, 0.1) is 12.2 Å². The summed E-state index contributed by atoms with van der Waals surface area (Å²) in [5, 5.41) is 30.4. The lowest BCUT2D eigenvalue weighted by Crippen LogP contribution is -2.59. The minimum absolute atomic E-state index is 0.0347. The highest BCUT2D eigenvalue weighted by Gasteiger charge is 2.71. The van der Waals surface area contributed by atoms with E-state index in [2.05, 4.69) is 13.0 Å². The van der Waals surface area contributed by atoms with E-state index in [9.17, 15) is 41.7 Å². The van der Waals surface area contributed by atoms with Crippen LogP contribution in [0.25, 0.3) is 0 Å². The van der Waals surface area contributed by atoms with Crippen molar-refractivity contribution in [1.82, 2.24) is 0 Å². The van der Waals surface area contributed by atoms with Crippen LogP contribution in [-0.4, -0.2) is 45.5 Å². The Bertz CT molecular complexity index is 778. The zero-order chi connectivity index (χ0) is 24.6. The van der Waals surface area contributed by atoms with Crippen LogP contribution in [-0.2, 0) is 0 Å². The molecule has 33 heavy (non-hydrogen) atoms. The Labute approximate surface area is 190 Å². The highest BCUT2D eigenvalue weighted by molar-refractivity contribution is 5.25.